The Morgan fingerprint density at radius 1 is 1.61 bits per heavy atom. The number of carbonyl (C=O) groups excluding carboxylic acids is 1. The van der Waals surface area contributed by atoms with Gasteiger partial charge in [-0.25, -0.2) is 0 Å². The summed E-state index contributed by atoms with van der Waals surface area (Å²) in [5.41, 5.74) is 0.215. The van der Waals surface area contributed by atoms with Crippen LogP contribution in [-0.2, 0) is 4.74 Å². The van der Waals surface area contributed by atoms with Gasteiger partial charge in [0.25, 0.3) is 5.91 Å². The minimum Gasteiger partial charge on any atom is -0.504 e. The molecule has 1 unspecified atom stereocenters. The van der Waals surface area contributed by atoms with Crippen molar-refractivity contribution in [3.05, 3.63) is 23.8 Å². The zero-order valence-electron chi connectivity index (χ0n) is 10.3. The van der Waals surface area contributed by atoms with Gasteiger partial charge in [0.15, 0.2) is 11.5 Å². The van der Waals surface area contributed by atoms with E-state index in [0.29, 0.717) is 12.3 Å². The summed E-state index contributed by atoms with van der Waals surface area (Å²) in [6.07, 6.45) is 2.08. The standard InChI is InChI=1S/C13H17NO4/c1-17-11-6-2-5-10(12(11)15)13(16)14-8-9-4-3-7-18-9/h2,5-6,9,15H,3-4,7-8H2,1H3,(H,14,16). The van der Waals surface area contributed by atoms with Gasteiger partial charge in [0.1, 0.15) is 0 Å². The van der Waals surface area contributed by atoms with Crippen LogP contribution in [0.15, 0.2) is 18.2 Å². The lowest BCUT2D eigenvalue weighted by atomic mass is 10.1. The molecule has 1 saturated heterocycles. The van der Waals surface area contributed by atoms with E-state index in [2.05, 4.69) is 5.32 Å². The number of carbonyl (C=O) groups is 1. The molecule has 0 bridgehead atoms. The van der Waals surface area contributed by atoms with Crippen LogP contribution in [0.1, 0.15) is 23.2 Å². The highest BCUT2D eigenvalue weighted by Crippen LogP contribution is 2.29. The van der Waals surface area contributed by atoms with Crippen LogP contribution in [-0.4, -0.2) is 37.4 Å². The summed E-state index contributed by atoms with van der Waals surface area (Å²) in [6, 6.07) is 4.83. The number of nitrogens with one attached hydrogen (secondary N) is 1. The maximum atomic E-state index is 11.9. The first-order valence-corrected chi connectivity index (χ1v) is 5.98. The lowest BCUT2D eigenvalue weighted by Crippen LogP contribution is -2.31. The first kappa shape index (κ1) is 12.7. The number of para-hydroxylation sites is 1. The molecule has 1 amide bonds. The average molecular weight is 251 g/mol. The summed E-state index contributed by atoms with van der Waals surface area (Å²) in [5, 5.41) is 12.6. The Morgan fingerprint density at radius 3 is 3.11 bits per heavy atom. The summed E-state index contributed by atoms with van der Waals surface area (Å²) < 4.78 is 10.4. The molecule has 5 heteroatoms. The molecular formula is C13H17NO4. The van der Waals surface area contributed by atoms with Crippen LogP contribution in [0.5, 0.6) is 11.5 Å². The molecule has 98 valence electrons. The topological polar surface area (TPSA) is 67.8 Å². The number of hydrogen-bond acceptors (Lipinski definition) is 4. The van der Waals surface area contributed by atoms with E-state index in [0.717, 1.165) is 19.4 Å². The highest BCUT2D eigenvalue weighted by molar-refractivity contribution is 5.97. The molecule has 1 aromatic carbocycles. The molecule has 1 aliphatic heterocycles. The summed E-state index contributed by atoms with van der Waals surface area (Å²) in [4.78, 5) is 11.9. The number of phenolic OH excluding ortho intramolecular Hbond substituents is 1. The first-order chi connectivity index (χ1) is 8.72. The van der Waals surface area contributed by atoms with Gasteiger partial charge in [-0.1, -0.05) is 6.07 Å². The molecule has 0 aromatic heterocycles. The van der Waals surface area contributed by atoms with E-state index >= 15 is 0 Å². The minimum absolute atomic E-state index is 0.0849. The van der Waals surface area contributed by atoms with Crippen molar-refractivity contribution in [3.8, 4) is 11.5 Å². The number of methoxy groups -OCH3 is 1. The highest BCUT2D eigenvalue weighted by atomic mass is 16.5. The van der Waals surface area contributed by atoms with E-state index in [1.54, 1.807) is 18.2 Å². The maximum absolute atomic E-state index is 11.9. The summed E-state index contributed by atoms with van der Waals surface area (Å²) >= 11 is 0. The Labute approximate surface area is 106 Å². The molecule has 2 rings (SSSR count). The zero-order chi connectivity index (χ0) is 13.0. The van der Waals surface area contributed by atoms with Crippen LogP contribution < -0.4 is 10.1 Å². The van der Waals surface area contributed by atoms with Crippen molar-refractivity contribution in [2.24, 2.45) is 0 Å². The van der Waals surface area contributed by atoms with Crippen molar-refractivity contribution in [1.82, 2.24) is 5.32 Å². The second-order valence-electron chi connectivity index (χ2n) is 4.20. The lowest BCUT2D eigenvalue weighted by molar-refractivity contribution is 0.0855. The molecule has 1 aliphatic rings. The van der Waals surface area contributed by atoms with Gasteiger partial charge < -0.3 is 19.9 Å². The Hall–Kier alpha value is -1.75. The fraction of sp³-hybridized carbons (Fsp3) is 0.462. The van der Waals surface area contributed by atoms with Gasteiger partial charge in [0, 0.05) is 13.2 Å². The van der Waals surface area contributed by atoms with Gasteiger partial charge in [-0.2, -0.15) is 0 Å². The van der Waals surface area contributed by atoms with Gasteiger partial charge in [0.2, 0.25) is 0 Å². The van der Waals surface area contributed by atoms with E-state index in [4.69, 9.17) is 9.47 Å². The largest absolute Gasteiger partial charge is 0.504 e. The van der Waals surface area contributed by atoms with E-state index in [9.17, 15) is 9.90 Å². The number of benzene rings is 1. The van der Waals surface area contributed by atoms with Crippen molar-refractivity contribution < 1.29 is 19.4 Å². The number of ether oxygens (including phenoxy) is 2. The third kappa shape index (κ3) is 2.73. The van der Waals surface area contributed by atoms with E-state index in [1.165, 1.54) is 7.11 Å². The predicted molar refractivity (Wildman–Crippen MR) is 66.0 cm³/mol. The van der Waals surface area contributed by atoms with Crippen LogP contribution >= 0.6 is 0 Å². The Balaban J connectivity index is 1.99. The normalized spacial score (nSPS) is 18.6. The summed E-state index contributed by atoms with van der Waals surface area (Å²) in [7, 11) is 1.45. The van der Waals surface area contributed by atoms with Crippen LogP contribution in [0.4, 0.5) is 0 Å². The van der Waals surface area contributed by atoms with Gasteiger partial charge in [0.05, 0.1) is 18.8 Å². The molecule has 0 saturated carbocycles. The van der Waals surface area contributed by atoms with Crippen LogP contribution in [0.3, 0.4) is 0 Å². The van der Waals surface area contributed by atoms with Crippen LogP contribution in [0.2, 0.25) is 0 Å². The van der Waals surface area contributed by atoms with Crippen molar-refractivity contribution in [2.75, 3.05) is 20.3 Å². The van der Waals surface area contributed by atoms with E-state index < -0.39 is 0 Å². The summed E-state index contributed by atoms with van der Waals surface area (Å²) in [5.74, 6) is -0.161. The second-order valence-corrected chi connectivity index (χ2v) is 4.20. The number of hydrogen-bond donors (Lipinski definition) is 2. The van der Waals surface area contributed by atoms with Gasteiger partial charge in [-0.15, -0.1) is 0 Å². The molecule has 2 N–H and O–H groups in total. The number of aromatic hydroxyl groups is 1. The van der Waals surface area contributed by atoms with Crippen LogP contribution in [0.25, 0.3) is 0 Å². The molecule has 1 aromatic rings. The number of rotatable bonds is 4. The third-order valence-corrected chi connectivity index (χ3v) is 2.98. The molecule has 5 nitrogen and oxygen atoms in total. The minimum atomic E-state index is -0.318. The van der Waals surface area contributed by atoms with Crippen molar-refractivity contribution in [3.63, 3.8) is 0 Å². The van der Waals surface area contributed by atoms with Crippen molar-refractivity contribution in [1.29, 1.82) is 0 Å². The lowest BCUT2D eigenvalue weighted by Gasteiger charge is -2.12. The van der Waals surface area contributed by atoms with E-state index in [-0.39, 0.29) is 23.3 Å². The van der Waals surface area contributed by atoms with Gasteiger partial charge >= 0.3 is 0 Å². The molecule has 0 spiro atoms. The van der Waals surface area contributed by atoms with Gasteiger partial charge in [-0.3, -0.25) is 4.79 Å². The third-order valence-electron chi connectivity index (χ3n) is 2.98. The zero-order valence-corrected chi connectivity index (χ0v) is 10.3. The molecule has 1 heterocycles. The Morgan fingerprint density at radius 2 is 2.44 bits per heavy atom. The average Bonchev–Trinajstić information content (AvgIpc) is 2.89. The van der Waals surface area contributed by atoms with Gasteiger partial charge in [-0.05, 0) is 25.0 Å². The molecule has 1 atom stereocenters. The molecular weight excluding hydrogens is 234 g/mol. The SMILES string of the molecule is COc1cccc(C(=O)NCC2CCCO2)c1O. The number of amides is 1. The fourth-order valence-corrected chi connectivity index (χ4v) is 1.98. The Bertz CT molecular complexity index is 427. The smallest absolute Gasteiger partial charge is 0.255 e. The summed E-state index contributed by atoms with van der Waals surface area (Å²) in [6.45, 7) is 1.22. The van der Waals surface area contributed by atoms with Crippen molar-refractivity contribution >= 4 is 5.91 Å². The monoisotopic (exact) mass is 251 g/mol. The maximum Gasteiger partial charge on any atom is 0.255 e. The fourth-order valence-electron chi connectivity index (χ4n) is 1.98. The molecule has 18 heavy (non-hydrogen) atoms. The molecule has 0 aliphatic carbocycles. The highest BCUT2D eigenvalue weighted by Gasteiger charge is 2.19. The first-order valence-electron chi connectivity index (χ1n) is 5.98. The molecule has 1 fully saturated rings. The second kappa shape index (κ2) is 5.73. The molecule has 0 radical (unpaired) electrons. The van der Waals surface area contributed by atoms with Crippen LogP contribution in [0, 0.1) is 0 Å². The number of phenols is 1. The van der Waals surface area contributed by atoms with E-state index in [1.807, 2.05) is 0 Å². The predicted octanol–water partition coefficient (Wildman–Crippen LogP) is 1.31. The quantitative estimate of drug-likeness (QED) is 0.846. The Kier molecular flexibility index (Phi) is 4.04. The van der Waals surface area contributed by atoms with Crippen molar-refractivity contribution in [2.45, 2.75) is 18.9 Å².